The Morgan fingerprint density at radius 2 is 2.20 bits per heavy atom. The summed E-state index contributed by atoms with van der Waals surface area (Å²) < 4.78 is 4.63. The first-order valence-electron chi connectivity index (χ1n) is 2.71. The zero-order chi connectivity index (χ0) is 7.56. The van der Waals surface area contributed by atoms with Crippen molar-refractivity contribution in [2.75, 3.05) is 7.11 Å². The Kier molecular flexibility index (Phi) is 1.66. The number of aryl methyl sites for hydroxylation is 1. The Labute approximate surface area is 57.1 Å². The minimum absolute atomic E-state index is 0.0984. The Morgan fingerprint density at radius 1 is 1.50 bits per heavy atom. The first-order chi connectivity index (χ1) is 4.72. The topological polar surface area (TPSA) is 67.9 Å². The van der Waals surface area contributed by atoms with Gasteiger partial charge in [0.1, 0.15) is 5.82 Å². The lowest BCUT2D eigenvalue weighted by Gasteiger charge is -1.94. The summed E-state index contributed by atoms with van der Waals surface area (Å²) in [7, 11) is 1.41. The minimum Gasteiger partial charge on any atom is -0.467 e. The van der Waals surface area contributed by atoms with Crippen LogP contribution in [0.3, 0.4) is 0 Å². The molecular weight excluding hydrogens is 134 g/mol. The molecule has 0 atom stereocenters. The van der Waals surface area contributed by atoms with Crippen molar-refractivity contribution in [3.8, 4) is 6.01 Å². The number of aromatic amines is 1. The number of nitrogens with zero attached hydrogens (tertiary/aromatic N) is 2. The number of rotatable bonds is 1. The summed E-state index contributed by atoms with van der Waals surface area (Å²) in [5.74, 6) is 0.497. The van der Waals surface area contributed by atoms with Crippen molar-refractivity contribution >= 4 is 0 Å². The fourth-order valence-electron chi connectivity index (χ4n) is 0.557. The monoisotopic (exact) mass is 141 g/mol. The van der Waals surface area contributed by atoms with E-state index >= 15 is 0 Å². The van der Waals surface area contributed by atoms with Crippen LogP contribution in [0.15, 0.2) is 4.79 Å². The van der Waals surface area contributed by atoms with Gasteiger partial charge in [0.2, 0.25) is 0 Å². The maximum absolute atomic E-state index is 10.6. The number of ether oxygens (including phenoxy) is 1. The summed E-state index contributed by atoms with van der Waals surface area (Å²) in [6.45, 7) is 1.66. The number of hydrogen-bond donors (Lipinski definition) is 1. The van der Waals surface area contributed by atoms with Gasteiger partial charge in [-0.2, -0.15) is 4.98 Å². The molecule has 54 valence electrons. The molecule has 0 unspecified atom stereocenters. The first kappa shape index (κ1) is 6.73. The SMILES string of the molecule is COc1nc(C)[nH]c(=O)n1. The van der Waals surface area contributed by atoms with E-state index in [0.29, 0.717) is 5.82 Å². The van der Waals surface area contributed by atoms with E-state index in [1.807, 2.05) is 0 Å². The van der Waals surface area contributed by atoms with Gasteiger partial charge in [-0.1, -0.05) is 0 Å². The quantitative estimate of drug-likeness (QED) is 0.571. The van der Waals surface area contributed by atoms with Crippen molar-refractivity contribution in [3.63, 3.8) is 0 Å². The number of aromatic nitrogens is 3. The second-order valence-electron chi connectivity index (χ2n) is 1.73. The van der Waals surface area contributed by atoms with E-state index in [9.17, 15) is 4.79 Å². The van der Waals surface area contributed by atoms with E-state index in [-0.39, 0.29) is 6.01 Å². The molecule has 0 bridgehead atoms. The van der Waals surface area contributed by atoms with Crippen molar-refractivity contribution in [2.45, 2.75) is 6.92 Å². The van der Waals surface area contributed by atoms with E-state index in [4.69, 9.17) is 0 Å². The second kappa shape index (κ2) is 2.47. The van der Waals surface area contributed by atoms with Gasteiger partial charge in [0.05, 0.1) is 7.11 Å². The average molecular weight is 141 g/mol. The van der Waals surface area contributed by atoms with E-state index < -0.39 is 5.69 Å². The lowest BCUT2D eigenvalue weighted by Crippen LogP contribution is -2.14. The Balaban J connectivity index is 3.19. The number of nitrogens with one attached hydrogen (secondary N) is 1. The van der Waals surface area contributed by atoms with Gasteiger partial charge in [0, 0.05) is 0 Å². The third-order valence-electron chi connectivity index (χ3n) is 0.931. The summed E-state index contributed by atoms with van der Waals surface area (Å²) in [6, 6.07) is 0.0984. The number of methoxy groups -OCH3 is 1. The van der Waals surface area contributed by atoms with E-state index in [0.717, 1.165) is 0 Å². The molecule has 1 aromatic rings. The summed E-state index contributed by atoms with van der Waals surface area (Å²) in [5.41, 5.74) is -0.440. The zero-order valence-corrected chi connectivity index (χ0v) is 5.71. The van der Waals surface area contributed by atoms with Crippen LogP contribution in [0.1, 0.15) is 5.82 Å². The van der Waals surface area contributed by atoms with Crippen LogP contribution in [-0.2, 0) is 0 Å². The minimum atomic E-state index is -0.440. The van der Waals surface area contributed by atoms with E-state index in [1.165, 1.54) is 7.11 Å². The lowest BCUT2D eigenvalue weighted by atomic mass is 10.7. The highest BCUT2D eigenvalue weighted by Gasteiger charge is 1.95. The van der Waals surface area contributed by atoms with Gasteiger partial charge in [-0.3, -0.25) is 4.98 Å². The van der Waals surface area contributed by atoms with Crippen LogP contribution in [0.25, 0.3) is 0 Å². The molecule has 5 nitrogen and oxygen atoms in total. The Hall–Kier alpha value is -1.39. The van der Waals surface area contributed by atoms with Crippen molar-refractivity contribution in [3.05, 3.63) is 16.3 Å². The van der Waals surface area contributed by atoms with Gasteiger partial charge >= 0.3 is 11.7 Å². The van der Waals surface area contributed by atoms with Gasteiger partial charge in [-0.05, 0) is 6.92 Å². The van der Waals surface area contributed by atoms with E-state index in [2.05, 4.69) is 19.7 Å². The highest BCUT2D eigenvalue weighted by Crippen LogP contribution is 1.92. The standard InChI is InChI=1S/C5H7N3O2/c1-3-6-4(9)8-5(7-3)10-2/h1-2H3,(H,6,7,8,9). The molecule has 0 aliphatic heterocycles. The zero-order valence-electron chi connectivity index (χ0n) is 5.71. The molecule has 1 heterocycles. The first-order valence-corrected chi connectivity index (χ1v) is 2.71. The molecule has 0 radical (unpaired) electrons. The molecular formula is C5H7N3O2. The molecule has 0 spiro atoms. The molecule has 1 N–H and O–H groups in total. The van der Waals surface area contributed by atoms with Crippen molar-refractivity contribution in [1.29, 1.82) is 0 Å². The van der Waals surface area contributed by atoms with Gasteiger partial charge in [0.15, 0.2) is 0 Å². The van der Waals surface area contributed by atoms with Crippen molar-refractivity contribution < 1.29 is 4.74 Å². The normalized spacial score (nSPS) is 9.40. The third-order valence-corrected chi connectivity index (χ3v) is 0.931. The number of H-pyrrole nitrogens is 1. The van der Waals surface area contributed by atoms with Crippen LogP contribution in [0.5, 0.6) is 6.01 Å². The fraction of sp³-hybridized carbons (Fsp3) is 0.400. The van der Waals surface area contributed by atoms with Crippen LogP contribution in [0.4, 0.5) is 0 Å². The molecule has 0 fully saturated rings. The van der Waals surface area contributed by atoms with Gasteiger partial charge in [-0.25, -0.2) is 4.79 Å². The maximum Gasteiger partial charge on any atom is 0.350 e. The van der Waals surface area contributed by atoms with Crippen LogP contribution in [-0.4, -0.2) is 22.1 Å². The predicted molar refractivity (Wildman–Crippen MR) is 33.9 cm³/mol. The summed E-state index contributed by atoms with van der Waals surface area (Å²) in [6.07, 6.45) is 0. The lowest BCUT2D eigenvalue weighted by molar-refractivity contribution is 0.374. The van der Waals surface area contributed by atoms with Crippen molar-refractivity contribution in [2.24, 2.45) is 0 Å². The van der Waals surface area contributed by atoms with Crippen LogP contribution >= 0.6 is 0 Å². The molecule has 1 aromatic heterocycles. The average Bonchev–Trinajstić information content (AvgIpc) is 1.85. The van der Waals surface area contributed by atoms with Crippen LogP contribution in [0.2, 0.25) is 0 Å². The molecule has 5 heteroatoms. The smallest absolute Gasteiger partial charge is 0.350 e. The highest BCUT2D eigenvalue weighted by atomic mass is 16.5. The van der Waals surface area contributed by atoms with Crippen molar-refractivity contribution in [1.82, 2.24) is 15.0 Å². The van der Waals surface area contributed by atoms with Crippen LogP contribution in [0, 0.1) is 6.92 Å². The molecule has 10 heavy (non-hydrogen) atoms. The van der Waals surface area contributed by atoms with Crippen LogP contribution < -0.4 is 10.4 Å². The molecule has 0 aliphatic rings. The molecule has 0 saturated carbocycles. The largest absolute Gasteiger partial charge is 0.467 e. The van der Waals surface area contributed by atoms with E-state index in [1.54, 1.807) is 6.92 Å². The molecule has 1 rings (SSSR count). The maximum atomic E-state index is 10.6. The molecule has 0 aromatic carbocycles. The predicted octanol–water partition coefficient (Wildman–Crippen LogP) is -0.518. The second-order valence-corrected chi connectivity index (χ2v) is 1.73. The molecule has 0 amide bonds. The fourth-order valence-corrected chi connectivity index (χ4v) is 0.557. The highest BCUT2D eigenvalue weighted by molar-refractivity contribution is 4.92. The third kappa shape index (κ3) is 1.31. The van der Waals surface area contributed by atoms with Gasteiger partial charge in [-0.15, -0.1) is 4.98 Å². The Bertz CT molecular complexity index is 280. The molecule has 0 aliphatic carbocycles. The summed E-state index contributed by atoms with van der Waals surface area (Å²) in [5, 5.41) is 0. The summed E-state index contributed by atoms with van der Waals surface area (Å²) in [4.78, 5) is 20.1. The Morgan fingerprint density at radius 3 is 2.70 bits per heavy atom. The van der Waals surface area contributed by atoms with Gasteiger partial charge < -0.3 is 4.74 Å². The molecule has 0 saturated heterocycles. The van der Waals surface area contributed by atoms with Gasteiger partial charge in [0.25, 0.3) is 0 Å². The summed E-state index contributed by atoms with van der Waals surface area (Å²) >= 11 is 0. The number of hydrogen-bond acceptors (Lipinski definition) is 4.